The molecule has 0 saturated heterocycles. The van der Waals surface area contributed by atoms with E-state index in [4.69, 9.17) is 0 Å². The third-order valence-electron chi connectivity index (χ3n) is 1.19. The quantitative estimate of drug-likeness (QED) is 0.629. The van der Waals surface area contributed by atoms with Crippen LogP contribution in [0, 0.1) is 6.20 Å². The lowest BCUT2D eigenvalue weighted by Crippen LogP contribution is -2.14. The zero-order valence-electron chi connectivity index (χ0n) is 5.89. The molecule has 1 rings (SSSR count). The number of hydrogen-bond acceptors (Lipinski definition) is 3. The predicted molar refractivity (Wildman–Crippen MR) is 41.8 cm³/mol. The molecule has 0 unspecified atom stereocenters. The number of nitrogens with zero attached hydrogens (tertiary/aromatic N) is 2. The summed E-state index contributed by atoms with van der Waals surface area (Å²) in [6.45, 7) is 0. The zero-order valence-corrected chi connectivity index (χ0v) is 6.78. The first kappa shape index (κ1) is 8.00. The summed E-state index contributed by atoms with van der Waals surface area (Å²) in [7, 11) is -1.13. The Kier molecular flexibility index (Phi) is 2.43. The number of aromatic nitrogens is 1. The highest BCUT2D eigenvalue weighted by atomic mass is 32.2. The van der Waals surface area contributed by atoms with Gasteiger partial charge in [-0.25, -0.2) is 8.42 Å². The SMILES string of the molecule is CN(c1[c]nccc1)[SH](=O)=O. The molecule has 0 aliphatic rings. The normalized spacial score (nSPS) is 10.0. The molecule has 1 aromatic heterocycles. The van der Waals surface area contributed by atoms with E-state index in [1.807, 2.05) is 0 Å². The Morgan fingerprint density at radius 1 is 1.64 bits per heavy atom. The van der Waals surface area contributed by atoms with Crippen molar-refractivity contribution in [1.29, 1.82) is 0 Å². The largest absolute Gasteiger partial charge is 0.273 e. The average molecular weight is 171 g/mol. The lowest BCUT2D eigenvalue weighted by atomic mass is 10.4. The van der Waals surface area contributed by atoms with Gasteiger partial charge in [0.15, 0.2) is 0 Å². The van der Waals surface area contributed by atoms with Gasteiger partial charge in [-0.05, 0) is 12.1 Å². The van der Waals surface area contributed by atoms with Gasteiger partial charge in [-0.3, -0.25) is 9.29 Å². The molecular weight excluding hydrogens is 164 g/mol. The molecule has 1 aromatic rings. The van der Waals surface area contributed by atoms with E-state index in [1.54, 1.807) is 12.1 Å². The molecule has 0 aromatic carbocycles. The van der Waals surface area contributed by atoms with E-state index in [2.05, 4.69) is 11.2 Å². The fraction of sp³-hybridized carbons (Fsp3) is 0.167. The Morgan fingerprint density at radius 2 is 2.36 bits per heavy atom. The van der Waals surface area contributed by atoms with Crippen molar-refractivity contribution in [2.75, 3.05) is 11.4 Å². The van der Waals surface area contributed by atoms with Gasteiger partial charge in [0.05, 0.1) is 5.69 Å². The van der Waals surface area contributed by atoms with Crippen LogP contribution in [0.15, 0.2) is 18.3 Å². The van der Waals surface area contributed by atoms with Crippen LogP contribution in [0.2, 0.25) is 0 Å². The molecular formula is C6H7N2O2S. The molecule has 0 N–H and O–H groups in total. The van der Waals surface area contributed by atoms with Crippen LogP contribution in [-0.2, 0) is 10.9 Å². The van der Waals surface area contributed by atoms with E-state index in [0.29, 0.717) is 5.69 Å². The molecule has 1 radical (unpaired) electrons. The Hall–Kier alpha value is -1.10. The van der Waals surface area contributed by atoms with Crippen molar-refractivity contribution >= 4 is 16.6 Å². The van der Waals surface area contributed by atoms with Gasteiger partial charge in [0.25, 0.3) is 0 Å². The highest BCUT2D eigenvalue weighted by molar-refractivity contribution is 7.74. The van der Waals surface area contributed by atoms with Crippen molar-refractivity contribution in [3.05, 3.63) is 24.5 Å². The van der Waals surface area contributed by atoms with E-state index >= 15 is 0 Å². The average Bonchev–Trinajstić information content (AvgIpc) is 2.05. The van der Waals surface area contributed by atoms with Gasteiger partial charge in [-0.2, -0.15) is 0 Å². The molecule has 0 bridgehead atoms. The van der Waals surface area contributed by atoms with E-state index in [1.165, 1.54) is 13.2 Å². The van der Waals surface area contributed by atoms with Gasteiger partial charge in [0.2, 0.25) is 10.9 Å². The van der Waals surface area contributed by atoms with Crippen molar-refractivity contribution in [3.8, 4) is 0 Å². The molecule has 4 nitrogen and oxygen atoms in total. The lowest BCUT2D eigenvalue weighted by Gasteiger charge is -2.07. The number of hydrogen-bond donors (Lipinski definition) is 1. The molecule has 0 aliphatic carbocycles. The first-order chi connectivity index (χ1) is 5.22. The summed E-state index contributed by atoms with van der Waals surface area (Å²) in [6, 6.07) is 3.28. The first-order valence-corrected chi connectivity index (χ1v) is 4.05. The van der Waals surface area contributed by atoms with Crippen LogP contribution in [0.4, 0.5) is 5.69 Å². The molecule has 5 heteroatoms. The molecule has 0 spiro atoms. The van der Waals surface area contributed by atoms with Crippen LogP contribution in [-0.4, -0.2) is 20.4 Å². The molecule has 0 aliphatic heterocycles. The summed E-state index contributed by atoms with van der Waals surface area (Å²) >= 11 is 0. The highest BCUT2D eigenvalue weighted by Gasteiger charge is 1.99. The second-order valence-corrected chi connectivity index (χ2v) is 2.97. The minimum Gasteiger partial charge on any atom is -0.273 e. The van der Waals surface area contributed by atoms with Crippen LogP contribution in [0.5, 0.6) is 0 Å². The Morgan fingerprint density at radius 3 is 2.82 bits per heavy atom. The fourth-order valence-corrected chi connectivity index (χ4v) is 0.873. The maximum absolute atomic E-state index is 10.4. The maximum Gasteiger partial charge on any atom is 0.224 e. The van der Waals surface area contributed by atoms with Crippen molar-refractivity contribution in [3.63, 3.8) is 0 Å². The van der Waals surface area contributed by atoms with Crippen LogP contribution in [0.25, 0.3) is 0 Å². The summed E-state index contributed by atoms with van der Waals surface area (Å²) in [5.74, 6) is 0. The van der Waals surface area contributed by atoms with Crippen LogP contribution >= 0.6 is 0 Å². The summed E-state index contributed by atoms with van der Waals surface area (Å²) in [4.78, 5) is 3.65. The number of anilines is 1. The number of thiol groups is 1. The highest BCUT2D eigenvalue weighted by Crippen LogP contribution is 2.06. The molecule has 1 heterocycles. The van der Waals surface area contributed by atoms with Crippen molar-refractivity contribution in [2.45, 2.75) is 0 Å². The van der Waals surface area contributed by atoms with Gasteiger partial charge in [0, 0.05) is 13.2 Å². The van der Waals surface area contributed by atoms with Gasteiger partial charge >= 0.3 is 0 Å². The van der Waals surface area contributed by atoms with Crippen LogP contribution in [0.3, 0.4) is 0 Å². The van der Waals surface area contributed by atoms with E-state index in [-0.39, 0.29) is 0 Å². The fourth-order valence-electron chi connectivity index (χ4n) is 0.586. The first-order valence-electron chi connectivity index (χ1n) is 2.92. The third kappa shape index (κ3) is 1.91. The van der Waals surface area contributed by atoms with Crippen molar-refractivity contribution in [1.82, 2.24) is 4.98 Å². The lowest BCUT2D eigenvalue weighted by molar-refractivity contribution is 0.613. The van der Waals surface area contributed by atoms with Gasteiger partial charge in [-0.1, -0.05) is 0 Å². The minimum atomic E-state index is -2.58. The second kappa shape index (κ2) is 3.34. The van der Waals surface area contributed by atoms with Gasteiger partial charge in [0.1, 0.15) is 6.20 Å². The molecule has 0 saturated carbocycles. The number of rotatable bonds is 2. The topological polar surface area (TPSA) is 50.3 Å². The third-order valence-corrected chi connectivity index (χ3v) is 1.89. The minimum absolute atomic E-state index is 0.448. The molecule has 0 atom stereocenters. The Bertz CT molecular complexity index is 289. The predicted octanol–water partition coefficient (Wildman–Crippen LogP) is -0.156. The van der Waals surface area contributed by atoms with Gasteiger partial charge < -0.3 is 0 Å². The molecule has 0 amide bonds. The van der Waals surface area contributed by atoms with E-state index in [9.17, 15) is 8.42 Å². The van der Waals surface area contributed by atoms with Crippen LogP contribution in [0.1, 0.15) is 0 Å². The maximum atomic E-state index is 10.4. The molecule has 0 fully saturated rings. The summed E-state index contributed by atoms with van der Waals surface area (Å²) in [5.41, 5.74) is 0.448. The zero-order chi connectivity index (χ0) is 8.27. The monoisotopic (exact) mass is 171 g/mol. The van der Waals surface area contributed by atoms with Crippen molar-refractivity contribution < 1.29 is 8.42 Å². The van der Waals surface area contributed by atoms with Crippen molar-refractivity contribution in [2.24, 2.45) is 0 Å². The molecule has 11 heavy (non-hydrogen) atoms. The Labute approximate surface area is 66.6 Å². The Balaban J connectivity index is 2.94. The smallest absolute Gasteiger partial charge is 0.224 e. The van der Waals surface area contributed by atoms with Gasteiger partial charge in [-0.15, -0.1) is 0 Å². The van der Waals surface area contributed by atoms with E-state index < -0.39 is 10.9 Å². The summed E-state index contributed by atoms with van der Waals surface area (Å²) in [5, 5.41) is 0. The summed E-state index contributed by atoms with van der Waals surface area (Å²) in [6.07, 6.45) is 4.08. The number of pyridine rings is 1. The standard InChI is InChI=1S/C6H7N2O2S/c1-8(11(9)10)6-3-2-4-7-5-6/h2-4,11H,1H3. The second-order valence-electron chi connectivity index (χ2n) is 1.90. The molecule has 59 valence electrons. The van der Waals surface area contributed by atoms with Crippen LogP contribution < -0.4 is 4.31 Å². The van der Waals surface area contributed by atoms with E-state index in [0.717, 1.165) is 4.31 Å². The summed E-state index contributed by atoms with van der Waals surface area (Å²) < 4.78 is 21.9.